The summed E-state index contributed by atoms with van der Waals surface area (Å²) in [6.45, 7) is 7.45. The van der Waals surface area contributed by atoms with Gasteiger partial charge in [-0.1, -0.05) is 0 Å². The molecule has 1 rings (SSSR count). The van der Waals surface area contributed by atoms with Gasteiger partial charge in [0.1, 0.15) is 10.6 Å². The van der Waals surface area contributed by atoms with E-state index in [0.29, 0.717) is 12.2 Å². The molecule has 1 aromatic rings. The maximum absolute atomic E-state index is 13.1. The van der Waals surface area contributed by atoms with Crippen LogP contribution in [-0.2, 0) is 9.53 Å². The first kappa shape index (κ1) is 14.0. The third kappa shape index (κ3) is 3.73. The summed E-state index contributed by atoms with van der Waals surface area (Å²) in [5.74, 6) is -0.490. The summed E-state index contributed by atoms with van der Waals surface area (Å²) < 4.78 is 17.4. The van der Waals surface area contributed by atoms with Crippen LogP contribution >= 0.6 is 11.8 Å². The third-order valence-electron chi connectivity index (χ3n) is 2.27. The molecule has 0 heterocycles. The van der Waals surface area contributed by atoms with Gasteiger partial charge in [-0.25, -0.2) is 4.39 Å². The zero-order chi connectivity index (χ0) is 13.1. The number of carbonyl (C=O) groups is 1. The Morgan fingerprint density at radius 3 is 2.65 bits per heavy atom. The molecule has 4 heteroatoms. The SMILES string of the molecule is CCOC(=O)C(C)(C)Sc1ccc(F)c(C)c1. The minimum Gasteiger partial charge on any atom is -0.465 e. The lowest BCUT2D eigenvalue weighted by molar-refractivity contribution is -0.145. The Bertz CT molecular complexity index is 416. The zero-order valence-corrected chi connectivity index (χ0v) is 11.4. The fourth-order valence-corrected chi connectivity index (χ4v) is 2.43. The molecule has 0 bridgehead atoms. The Labute approximate surface area is 106 Å². The van der Waals surface area contributed by atoms with Crippen molar-refractivity contribution in [1.29, 1.82) is 0 Å². The lowest BCUT2D eigenvalue weighted by Gasteiger charge is -2.21. The van der Waals surface area contributed by atoms with E-state index in [1.165, 1.54) is 17.8 Å². The summed E-state index contributed by atoms with van der Waals surface area (Å²) in [6, 6.07) is 4.83. The molecule has 2 nitrogen and oxygen atoms in total. The second kappa shape index (κ2) is 5.54. The normalized spacial score (nSPS) is 11.4. The molecule has 0 aliphatic rings. The summed E-state index contributed by atoms with van der Waals surface area (Å²) in [7, 11) is 0. The van der Waals surface area contributed by atoms with Crippen LogP contribution < -0.4 is 0 Å². The molecule has 0 saturated heterocycles. The van der Waals surface area contributed by atoms with E-state index in [1.807, 2.05) is 0 Å². The molecule has 17 heavy (non-hydrogen) atoms. The molecule has 0 fully saturated rings. The van der Waals surface area contributed by atoms with Gasteiger partial charge in [0, 0.05) is 4.90 Å². The van der Waals surface area contributed by atoms with Crippen molar-refractivity contribution < 1.29 is 13.9 Å². The fourth-order valence-electron chi connectivity index (χ4n) is 1.32. The van der Waals surface area contributed by atoms with Gasteiger partial charge in [-0.05, 0) is 51.5 Å². The Kier molecular flexibility index (Phi) is 4.57. The second-order valence-electron chi connectivity index (χ2n) is 4.24. The van der Waals surface area contributed by atoms with Crippen molar-refractivity contribution in [3.63, 3.8) is 0 Å². The van der Waals surface area contributed by atoms with Gasteiger partial charge in [0.05, 0.1) is 6.61 Å². The topological polar surface area (TPSA) is 26.3 Å². The van der Waals surface area contributed by atoms with Gasteiger partial charge in [-0.3, -0.25) is 4.79 Å². The predicted octanol–water partition coefficient (Wildman–Crippen LogP) is 3.57. The number of benzene rings is 1. The number of rotatable bonds is 4. The maximum atomic E-state index is 13.1. The highest BCUT2D eigenvalue weighted by Crippen LogP contribution is 2.34. The van der Waals surface area contributed by atoms with Gasteiger partial charge in [-0.15, -0.1) is 11.8 Å². The van der Waals surface area contributed by atoms with E-state index >= 15 is 0 Å². The van der Waals surface area contributed by atoms with Crippen LogP contribution in [0.25, 0.3) is 0 Å². The highest BCUT2D eigenvalue weighted by Gasteiger charge is 2.30. The van der Waals surface area contributed by atoms with Crippen molar-refractivity contribution in [2.45, 2.75) is 37.3 Å². The molecule has 94 valence electrons. The minimum atomic E-state index is -0.666. The summed E-state index contributed by atoms with van der Waals surface area (Å²) in [5.41, 5.74) is 0.578. The van der Waals surface area contributed by atoms with Crippen molar-refractivity contribution >= 4 is 17.7 Å². The molecule has 1 aromatic carbocycles. The first-order chi connectivity index (χ1) is 7.86. The molecule has 0 spiro atoms. The number of esters is 1. The van der Waals surface area contributed by atoms with E-state index in [2.05, 4.69) is 0 Å². The highest BCUT2D eigenvalue weighted by atomic mass is 32.2. The minimum absolute atomic E-state index is 0.233. The maximum Gasteiger partial charge on any atom is 0.321 e. The van der Waals surface area contributed by atoms with Gasteiger partial charge in [0.15, 0.2) is 0 Å². The number of hydrogen-bond acceptors (Lipinski definition) is 3. The van der Waals surface area contributed by atoms with E-state index in [1.54, 1.807) is 39.8 Å². The highest BCUT2D eigenvalue weighted by molar-refractivity contribution is 8.01. The number of aryl methyl sites for hydroxylation is 1. The van der Waals surface area contributed by atoms with Gasteiger partial charge in [-0.2, -0.15) is 0 Å². The lowest BCUT2D eigenvalue weighted by atomic mass is 10.2. The number of carbonyl (C=O) groups excluding carboxylic acids is 1. The predicted molar refractivity (Wildman–Crippen MR) is 67.7 cm³/mol. The quantitative estimate of drug-likeness (QED) is 0.608. The van der Waals surface area contributed by atoms with Crippen LogP contribution in [0.1, 0.15) is 26.3 Å². The van der Waals surface area contributed by atoms with Crippen LogP contribution in [0.15, 0.2) is 23.1 Å². The molecule has 0 unspecified atom stereocenters. The van der Waals surface area contributed by atoms with Crippen molar-refractivity contribution in [2.75, 3.05) is 6.61 Å². The van der Waals surface area contributed by atoms with Gasteiger partial charge in [0.2, 0.25) is 0 Å². The largest absolute Gasteiger partial charge is 0.465 e. The van der Waals surface area contributed by atoms with Crippen molar-refractivity contribution in [1.82, 2.24) is 0 Å². The Balaban J connectivity index is 2.82. The average molecular weight is 256 g/mol. The Hall–Kier alpha value is -1.03. The van der Waals surface area contributed by atoms with Crippen LogP contribution in [-0.4, -0.2) is 17.3 Å². The van der Waals surface area contributed by atoms with E-state index in [9.17, 15) is 9.18 Å². The number of thioether (sulfide) groups is 1. The molecule has 0 N–H and O–H groups in total. The zero-order valence-electron chi connectivity index (χ0n) is 10.5. The third-order valence-corrected chi connectivity index (χ3v) is 3.44. The summed E-state index contributed by atoms with van der Waals surface area (Å²) in [5, 5.41) is 0. The average Bonchev–Trinajstić information content (AvgIpc) is 2.23. The molecule has 0 aliphatic heterocycles. The fraction of sp³-hybridized carbons (Fsp3) is 0.462. The lowest BCUT2D eigenvalue weighted by Crippen LogP contribution is -2.29. The van der Waals surface area contributed by atoms with Gasteiger partial charge in [0.25, 0.3) is 0 Å². The van der Waals surface area contributed by atoms with E-state index in [4.69, 9.17) is 4.74 Å². The van der Waals surface area contributed by atoms with E-state index in [-0.39, 0.29) is 11.8 Å². The second-order valence-corrected chi connectivity index (χ2v) is 5.94. The smallest absolute Gasteiger partial charge is 0.321 e. The van der Waals surface area contributed by atoms with Crippen LogP contribution in [0.4, 0.5) is 4.39 Å². The molecular formula is C13H17FO2S. The van der Waals surface area contributed by atoms with E-state index < -0.39 is 4.75 Å². The summed E-state index contributed by atoms with van der Waals surface area (Å²) >= 11 is 1.38. The van der Waals surface area contributed by atoms with Gasteiger partial charge < -0.3 is 4.74 Å². The first-order valence-electron chi connectivity index (χ1n) is 5.49. The standard InChI is InChI=1S/C13H17FO2S/c1-5-16-12(15)13(3,4)17-10-6-7-11(14)9(2)8-10/h6-8H,5H2,1-4H3. The van der Waals surface area contributed by atoms with Gasteiger partial charge >= 0.3 is 5.97 Å². The molecule has 0 atom stereocenters. The molecule has 0 aliphatic carbocycles. The Morgan fingerprint density at radius 2 is 2.12 bits per heavy atom. The van der Waals surface area contributed by atoms with Crippen LogP contribution in [0.3, 0.4) is 0 Å². The number of hydrogen-bond donors (Lipinski definition) is 0. The molecule has 0 radical (unpaired) electrons. The molecule has 0 amide bonds. The molecule has 0 aromatic heterocycles. The van der Waals surface area contributed by atoms with Crippen molar-refractivity contribution in [2.24, 2.45) is 0 Å². The van der Waals surface area contributed by atoms with E-state index in [0.717, 1.165) is 4.90 Å². The van der Waals surface area contributed by atoms with Crippen LogP contribution in [0.2, 0.25) is 0 Å². The number of halogens is 1. The molecular weight excluding hydrogens is 239 g/mol. The monoisotopic (exact) mass is 256 g/mol. The number of ether oxygens (including phenoxy) is 1. The van der Waals surface area contributed by atoms with Crippen LogP contribution in [0, 0.1) is 12.7 Å². The van der Waals surface area contributed by atoms with Crippen LogP contribution in [0.5, 0.6) is 0 Å². The Morgan fingerprint density at radius 1 is 1.47 bits per heavy atom. The van der Waals surface area contributed by atoms with Crippen molar-refractivity contribution in [3.8, 4) is 0 Å². The first-order valence-corrected chi connectivity index (χ1v) is 6.31. The summed E-state index contributed by atoms with van der Waals surface area (Å²) in [4.78, 5) is 12.6. The molecule has 0 saturated carbocycles. The summed E-state index contributed by atoms with van der Waals surface area (Å²) in [6.07, 6.45) is 0. The van der Waals surface area contributed by atoms with Crippen molar-refractivity contribution in [3.05, 3.63) is 29.6 Å².